The molecule has 0 bridgehead atoms. The van der Waals surface area contributed by atoms with Crippen molar-refractivity contribution in [3.63, 3.8) is 0 Å². The summed E-state index contributed by atoms with van der Waals surface area (Å²) in [6.07, 6.45) is 1.79. The number of rotatable bonds is 4. The smallest absolute Gasteiger partial charge is 0.250 e. The van der Waals surface area contributed by atoms with Gasteiger partial charge in [-0.2, -0.15) is 5.26 Å². The van der Waals surface area contributed by atoms with E-state index in [0.717, 1.165) is 5.56 Å². The molecule has 1 aromatic rings. The van der Waals surface area contributed by atoms with Crippen LogP contribution in [0.1, 0.15) is 19.4 Å². The molecule has 0 fully saturated rings. The van der Waals surface area contributed by atoms with Gasteiger partial charge in [-0.3, -0.25) is 4.79 Å². The van der Waals surface area contributed by atoms with Gasteiger partial charge in [0, 0.05) is 17.1 Å². The fourth-order valence-corrected chi connectivity index (χ4v) is 1.66. The third kappa shape index (κ3) is 3.90. The second kappa shape index (κ2) is 6.83. The molecule has 1 amide bonds. The Bertz CT molecular complexity index is 486. The van der Waals surface area contributed by atoms with E-state index in [4.69, 9.17) is 16.9 Å². The highest BCUT2D eigenvalue weighted by atomic mass is 35.5. The van der Waals surface area contributed by atoms with Crippen molar-refractivity contribution >= 4 is 23.6 Å². The van der Waals surface area contributed by atoms with Crippen LogP contribution in [0, 0.1) is 11.3 Å². The second-order valence-corrected chi connectivity index (χ2v) is 4.29. The third-order valence-corrected chi connectivity index (χ3v) is 2.77. The number of halogens is 1. The fraction of sp³-hybridized carbons (Fsp3) is 0.286. The summed E-state index contributed by atoms with van der Waals surface area (Å²) in [7, 11) is 0. The molecule has 1 aromatic carbocycles. The normalized spacial score (nSPS) is 10.9. The molecule has 0 heterocycles. The van der Waals surface area contributed by atoms with Crippen LogP contribution in [0.25, 0.3) is 6.08 Å². The lowest BCUT2D eigenvalue weighted by molar-refractivity contribution is -0.126. The standard InChI is InChI=1S/C14H15ClN2O/c1-3-17(9-8-16)14(18)11(2)10-12-4-6-13(15)7-5-12/h4-7,10H,3,9H2,1-2H3/b11-10+. The minimum Gasteiger partial charge on any atom is -0.326 e. The van der Waals surface area contributed by atoms with Gasteiger partial charge >= 0.3 is 0 Å². The molecule has 18 heavy (non-hydrogen) atoms. The Kier molecular flexibility index (Phi) is 5.41. The first kappa shape index (κ1) is 14.3. The topological polar surface area (TPSA) is 44.1 Å². The van der Waals surface area contributed by atoms with E-state index in [2.05, 4.69) is 0 Å². The first-order chi connectivity index (χ1) is 8.58. The summed E-state index contributed by atoms with van der Waals surface area (Å²) in [5.74, 6) is -0.117. The van der Waals surface area contributed by atoms with Crippen LogP contribution in [-0.4, -0.2) is 23.9 Å². The van der Waals surface area contributed by atoms with Crippen molar-refractivity contribution in [2.75, 3.05) is 13.1 Å². The van der Waals surface area contributed by atoms with Crippen molar-refractivity contribution < 1.29 is 4.79 Å². The van der Waals surface area contributed by atoms with Gasteiger partial charge in [0.15, 0.2) is 0 Å². The molecule has 0 aliphatic carbocycles. The Morgan fingerprint density at radius 2 is 2.06 bits per heavy atom. The highest BCUT2D eigenvalue weighted by Gasteiger charge is 2.12. The molecule has 0 unspecified atom stereocenters. The molecule has 0 aliphatic heterocycles. The van der Waals surface area contributed by atoms with Crippen LogP contribution in [0.3, 0.4) is 0 Å². The first-order valence-corrected chi connectivity index (χ1v) is 6.06. The summed E-state index contributed by atoms with van der Waals surface area (Å²) in [5.41, 5.74) is 1.52. The molecule has 4 heteroatoms. The minimum atomic E-state index is -0.117. The van der Waals surface area contributed by atoms with E-state index in [0.29, 0.717) is 17.1 Å². The number of nitrogens with zero attached hydrogens (tertiary/aromatic N) is 2. The highest BCUT2D eigenvalue weighted by molar-refractivity contribution is 6.30. The number of hydrogen-bond acceptors (Lipinski definition) is 2. The lowest BCUT2D eigenvalue weighted by atomic mass is 10.1. The van der Waals surface area contributed by atoms with Crippen molar-refractivity contribution in [1.82, 2.24) is 4.90 Å². The molecular weight excluding hydrogens is 248 g/mol. The first-order valence-electron chi connectivity index (χ1n) is 5.68. The van der Waals surface area contributed by atoms with Gasteiger partial charge in [-0.15, -0.1) is 0 Å². The summed E-state index contributed by atoms with van der Waals surface area (Å²) in [6, 6.07) is 9.23. The van der Waals surface area contributed by atoms with Crippen LogP contribution in [0.2, 0.25) is 5.02 Å². The third-order valence-electron chi connectivity index (χ3n) is 2.52. The van der Waals surface area contributed by atoms with E-state index in [1.807, 2.05) is 25.1 Å². The van der Waals surface area contributed by atoms with E-state index in [1.165, 1.54) is 4.90 Å². The SMILES string of the molecule is CCN(CC#N)C(=O)/C(C)=C/c1ccc(Cl)cc1. The maximum atomic E-state index is 12.0. The number of nitriles is 1. The Hall–Kier alpha value is -1.79. The molecule has 0 spiro atoms. The second-order valence-electron chi connectivity index (χ2n) is 3.86. The van der Waals surface area contributed by atoms with E-state index < -0.39 is 0 Å². The van der Waals surface area contributed by atoms with E-state index in [1.54, 1.807) is 25.1 Å². The number of amides is 1. The highest BCUT2D eigenvalue weighted by Crippen LogP contribution is 2.13. The molecule has 0 atom stereocenters. The van der Waals surface area contributed by atoms with Crippen LogP contribution < -0.4 is 0 Å². The van der Waals surface area contributed by atoms with Crippen LogP contribution in [0.4, 0.5) is 0 Å². The summed E-state index contributed by atoms with van der Waals surface area (Å²) in [4.78, 5) is 13.5. The zero-order valence-corrected chi connectivity index (χ0v) is 11.2. The number of benzene rings is 1. The van der Waals surface area contributed by atoms with Gasteiger partial charge in [-0.1, -0.05) is 23.7 Å². The van der Waals surface area contributed by atoms with Gasteiger partial charge in [-0.25, -0.2) is 0 Å². The summed E-state index contributed by atoms with van der Waals surface area (Å²) in [5, 5.41) is 9.30. The lowest BCUT2D eigenvalue weighted by Gasteiger charge is -2.17. The Balaban J connectivity index is 2.86. The zero-order valence-electron chi connectivity index (χ0n) is 10.5. The monoisotopic (exact) mass is 262 g/mol. The molecule has 1 rings (SSSR count). The van der Waals surface area contributed by atoms with Crippen LogP contribution >= 0.6 is 11.6 Å². The molecule has 0 N–H and O–H groups in total. The van der Waals surface area contributed by atoms with Gasteiger partial charge in [0.2, 0.25) is 5.91 Å². The minimum absolute atomic E-state index is 0.112. The average molecular weight is 263 g/mol. The molecule has 0 radical (unpaired) electrons. The predicted molar refractivity (Wildman–Crippen MR) is 73.0 cm³/mol. The van der Waals surface area contributed by atoms with E-state index >= 15 is 0 Å². The van der Waals surface area contributed by atoms with Crippen molar-refractivity contribution in [2.45, 2.75) is 13.8 Å². The molecule has 0 saturated carbocycles. The van der Waals surface area contributed by atoms with Crippen molar-refractivity contribution in [3.05, 3.63) is 40.4 Å². The predicted octanol–water partition coefficient (Wildman–Crippen LogP) is 3.12. The maximum Gasteiger partial charge on any atom is 0.250 e. The summed E-state index contributed by atoms with van der Waals surface area (Å²) < 4.78 is 0. The average Bonchev–Trinajstić information content (AvgIpc) is 2.37. The van der Waals surface area contributed by atoms with E-state index in [-0.39, 0.29) is 12.5 Å². The molecule has 3 nitrogen and oxygen atoms in total. The number of likely N-dealkylation sites (N-methyl/N-ethyl adjacent to an activating group) is 1. The summed E-state index contributed by atoms with van der Waals surface area (Å²) in [6.45, 7) is 4.24. The van der Waals surface area contributed by atoms with Crippen molar-refractivity contribution in [3.8, 4) is 6.07 Å². The van der Waals surface area contributed by atoms with E-state index in [9.17, 15) is 4.79 Å². The molecular formula is C14H15ClN2O. The Labute approximate surface area is 112 Å². The number of carbonyl (C=O) groups excluding carboxylic acids is 1. The molecule has 94 valence electrons. The van der Waals surface area contributed by atoms with Gasteiger partial charge in [0.25, 0.3) is 0 Å². The molecule has 0 aromatic heterocycles. The fourth-order valence-electron chi connectivity index (χ4n) is 1.53. The zero-order chi connectivity index (χ0) is 13.5. The van der Waals surface area contributed by atoms with Gasteiger partial charge < -0.3 is 4.90 Å². The Morgan fingerprint density at radius 3 is 2.56 bits per heavy atom. The molecule has 0 saturated heterocycles. The molecule has 0 aliphatic rings. The van der Waals surface area contributed by atoms with Crippen molar-refractivity contribution in [2.24, 2.45) is 0 Å². The van der Waals surface area contributed by atoms with Gasteiger partial charge in [0.1, 0.15) is 6.54 Å². The van der Waals surface area contributed by atoms with Gasteiger partial charge in [0.05, 0.1) is 6.07 Å². The Morgan fingerprint density at radius 1 is 1.44 bits per heavy atom. The largest absolute Gasteiger partial charge is 0.326 e. The number of hydrogen-bond donors (Lipinski definition) is 0. The van der Waals surface area contributed by atoms with Crippen molar-refractivity contribution in [1.29, 1.82) is 5.26 Å². The maximum absolute atomic E-state index is 12.0. The number of carbonyl (C=O) groups is 1. The quantitative estimate of drug-likeness (QED) is 0.618. The van der Waals surface area contributed by atoms with Crippen LogP contribution in [0.15, 0.2) is 29.8 Å². The van der Waals surface area contributed by atoms with Crippen LogP contribution in [0.5, 0.6) is 0 Å². The van der Waals surface area contributed by atoms with Gasteiger partial charge in [-0.05, 0) is 37.6 Å². The lowest BCUT2D eigenvalue weighted by Crippen LogP contribution is -2.31. The summed E-state index contributed by atoms with van der Waals surface area (Å²) >= 11 is 5.79. The van der Waals surface area contributed by atoms with Crippen LogP contribution in [-0.2, 0) is 4.79 Å².